The summed E-state index contributed by atoms with van der Waals surface area (Å²) in [6.45, 7) is 3.52. The number of para-hydroxylation sites is 1. The zero-order chi connectivity index (χ0) is 19.5. The topological polar surface area (TPSA) is 76.7 Å². The number of anilines is 1. The number of carbonyl (C=O) groups excluding carboxylic acids is 2. The van der Waals surface area contributed by atoms with Gasteiger partial charge in [-0.15, -0.1) is 0 Å². The number of methoxy groups -OCH3 is 1. The number of hydrogen-bond acceptors (Lipinski definition) is 4. The molecule has 6 heteroatoms. The number of ether oxygens (including phenoxy) is 2. The highest BCUT2D eigenvalue weighted by Gasteiger charge is 2.13. The Labute approximate surface area is 159 Å². The standard InChI is InChI=1S/C21H26N2O4/c1-3-4-13-27-19-11-6-5-10-18(19)21(25)23-17-9-7-8-16(15-17)20(24)22-12-14-26-2/h5-11,15H,3-4,12-14H2,1-2H3,(H,22,24)(H,23,25). The molecular formula is C21H26N2O4. The molecule has 0 unspecified atom stereocenters. The van der Waals surface area contributed by atoms with Crippen LogP contribution in [-0.4, -0.2) is 38.7 Å². The van der Waals surface area contributed by atoms with Gasteiger partial charge in [0.2, 0.25) is 0 Å². The van der Waals surface area contributed by atoms with E-state index in [1.807, 2.05) is 6.07 Å². The molecule has 0 aliphatic rings. The fraction of sp³-hybridized carbons (Fsp3) is 0.333. The normalized spacial score (nSPS) is 10.3. The summed E-state index contributed by atoms with van der Waals surface area (Å²) < 4.78 is 10.6. The maximum absolute atomic E-state index is 12.7. The third-order valence-corrected chi connectivity index (χ3v) is 3.86. The quantitative estimate of drug-likeness (QED) is 0.628. The van der Waals surface area contributed by atoms with Gasteiger partial charge in [-0.3, -0.25) is 9.59 Å². The summed E-state index contributed by atoms with van der Waals surface area (Å²) in [5, 5.41) is 5.58. The molecule has 0 aliphatic carbocycles. The first-order valence-corrected chi connectivity index (χ1v) is 9.06. The average molecular weight is 370 g/mol. The van der Waals surface area contributed by atoms with Crippen LogP contribution in [0.2, 0.25) is 0 Å². The third kappa shape index (κ3) is 6.42. The lowest BCUT2D eigenvalue weighted by Crippen LogP contribution is -2.27. The number of unbranched alkanes of at least 4 members (excludes halogenated alkanes) is 1. The van der Waals surface area contributed by atoms with E-state index in [-0.39, 0.29) is 11.8 Å². The average Bonchev–Trinajstić information content (AvgIpc) is 2.69. The predicted octanol–water partition coefficient (Wildman–Crippen LogP) is 3.49. The predicted molar refractivity (Wildman–Crippen MR) is 105 cm³/mol. The summed E-state index contributed by atoms with van der Waals surface area (Å²) in [5.41, 5.74) is 1.47. The Morgan fingerprint density at radius 3 is 2.59 bits per heavy atom. The van der Waals surface area contributed by atoms with E-state index in [0.29, 0.717) is 42.3 Å². The summed E-state index contributed by atoms with van der Waals surface area (Å²) >= 11 is 0. The molecule has 0 saturated carbocycles. The van der Waals surface area contributed by atoms with Crippen molar-refractivity contribution in [2.75, 3.05) is 32.2 Å². The summed E-state index contributed by atoms with van der Waals surface area (Å²) in [6.07, 6.45) is 1.95. The molecule has 0 aromatic heterocycles. The Morgan fingerprint density at radius 2 is 1.81 bits per heavy atom. The van der Waals surface area contributed by atoms with Gasteiger partial charge in [0, 0.05) is 24.9 Å². The lowest BCUT2D eigenvalue weighted by molar-refractivity contribution is 0.0936. The second-order valence-electron chi connectivity index (χ2n) is 5.98. The van der Waals surface area contributed by atoms with Gasteiger partial charge in [-0.05, 0) is 36.8 Å². The van der Waals surface area contributed by atoms with E-state index in [4.69, 9.17) is 9.47 Å². The molecule has 0 radical (unpaired) electrons. The van der Waals surface area contributed by atoms with Crippen LogP contribution >= 0.6 is 0 Å². The van der Waals surface area contributed by atoms with Gasteiger partial charge in [-0.25, -0.2) is 0 Å². The number of hydrogen-bond donors (Lipinski definition) is 2. The number of amides is 2. The molecular weight excluding hydrogens is 344 g/mol. The van der Waals surface area contributed by atoms with Crippen LogP contribution in [0.3, 0.4) is 0 Å². The second-order valence-corrected chi connectivity index (χ2v) is 5.98. The Hall–Kier alpha value is -2.86. The highest BCUT2D eigenvalue weighted by Crippen LogP contribution is 2.20. The Bertz CT molecular complexity index is 761. The molecule has 0 bridgehead atoms. The highest BCUT2D eigenvalue weighted by molar-refractivity contribution is 6.06. The van der Waals surface area contributed by atoms with Crippen molar-refractivity contribution in [2.45, 2.75) is 19.8 Å². The van der Waals surface area contributed by atoms with E-state index in [0.717, 1.165) is 12.8 Å². The fourth-order valence-electron chi connectivity index (χ4n) is 2.41. The van der Waals surface area contributed by atoms with Crippen LogP contribution in [0.5, 0.6) is 5.75 Å². The van der Waals surface area contributed by atoms with E-state index in [1.165, 1.54) is 0 Å². The van der Waals surface area contributed by atoms with Crippen LogP contribution in [0, 0.1) is 0 Å². The van der Waals surface area contributed by atoms with Crippen molar-refractivity contribution >= 4 is 17.5 Å². The molecule has 0 heterocycles. The van der Waals surface area contributed by atoms with Gasteiger partial charge in [0.1, 0.15) is 5.75 Å². The SMILES string of the molecule is CCCCOc1ccccc1C(=O)Nc1cccc(C(=O)NCCOC)c1. The Kier molecular flexibility index (Phi) is 8.32. The van der Waals surface area contributed by atoms with Crippen molar-refractivity contribution in [1.29, 1.82) is 0 Å². The van der Waals surface area contributed by atoms with E-state index in [9.17, 15) is 9.59 Å². The molecule has 0 saturated heterocycles. The summed E-state index contributed by atoms with van der Waals surface area (Å²) in [6, 6.07) is 13.9. The summed E-state index contributed by atoms with van der Waals surface area (Å²) in [7, 11) is 1.58. The molecule has 0 fully saturated rings. The van der Waals surface area contributed by atoms with Crippen molar-refractivity contribution in [1.82, 2.24) is 5.32 Å². The maximum atomic E-state index is 12.7. The van der Waals surface area contributed by atoms with Gasteiger partial charge in [-0.2, -0.15) is 0 Å². The highest BCUT2D eigenvalue weighted by atomic mass is 16.5. The zero-order valence-corrected chi connectivity index (χ0v) is 15.8. The summed E-state index contributed by atoms with van der Waals surface area (Å²) in [4.78, 5) is 24.8. The van der Waals surface area contributed by atoms with E-state index < -0.39 is 0 Å². The van der Waals surface area contributed by atoms with Crippen LogP contribution in [-0.2, 0) is 4.74 Å². The number of rotatable bonds is 10. The number of carbonyl (C=O) groups is 2. The van der Waals surface area contributed by atoms with Crippen LogP contribution in [0.4, 0.5) is 5.69 Å². The van der Waals surface area contributed by atoms with E-state index >= 15 is 0 Å². The first-order valence-electron chi connectivity index (χ1n) is 9.06. The maximum Gasteiger partial charge on any atom is 0.259 e. The van der Waals surface area contributed by atoms with Crippen molar-refractivity contribution in [3.63, 3.8) is 0 Å². The minimum Gasteiger partial charge on any atom is -0.493 e. The molecule has 2 amide bonds. The molecule has 6 nitrogen and oxygen atoms in total. The van der Waals surface area contributed by atoms with E-state index in [2.05, 4.69) is 17.6 Å². The van der Waals surface area contributed by atoms with Crippen molar-refractivity contribution in [2.24, 2.45) is 0 Å². The minimum absolute atomic E-state index is 0.216. The molecule has 2 N–H and O–H groups in total. The second kappa shape index (κ2) is 11.0. The molecule has 0 aliphatic heterocycles. The Balaban J connectivity index is 2.06. The van der Waals surface area contributed by atoms with Gasteiger partial charge in [0.15, 0.2) is 0 Å². The van der Waals surface area contributed by atoms with Gasteiger partial charge in [0.25, 0.3) is 11.8 Å². The van der Waals surface area contributed by atoms with Crippen LogP contribution in [0.15, 0.2) is 48.5 Å². The molecule has 0 atom stereocenters. The monoisotopic (exact) mass is 370 g/mol. The molecule has 144 valence electrons. The largest absolute Gasteiger partial charge is 0.493 e. The lowest BCUT2D eigenvalue weighted by atomic mass is 10.1. The minimum atomic E-state index is -0.279. The van der Waals surface area contributed by atoms with Gasteiger partial charge in [0.05, 0.1) is 18.8 Å². The lowest BCUT2D eigenvalue weighted by Gasteiger charge is -2.12. The van der Waals surface area contributed by atoms with Crippen LogP contribution < -0.4 is 15.4 Å². The van der Waals surface area contributed by atoms with Crippen LogP contribution in [0.1, 0.15) is 40.5 Å². The molecule has 2 aromatic carbocycles. The Morgan fingerprint density at radius 1 is 1.00 bits per heavy atom. The van der Waals surface area contributed by atoms with Crippen molar-refractivity contribution in [3.05, 3.63) is 59.7 Å². The zero-order valence-electron chi connectivity index (χ0n) is 15.8. The first kappa shape index (κ1) is 20.5. The van der Waals surface area contributed by atoms with Crippen molar-refractivity contribution in [3.8, 4) is 5.75 Å². The molecule has 27 heavy (non-hydrogen) atoms. The first-order chi connectivity index (χ1) is 13.2. The third-order valence-electron chi connectivity index (χ3n) is 3.86. The summed E-state index contributed by atoms with van der Waals surface area (Å²) in [5.74, 6) is 0.0578. The molecule has 2 rings (SSSR count). The van der Waals surface area contributed by atoms with E-state index in [1.54, 1.807) is 49.6 Å². The van der Waals surface area contributed by atoms with Gasteiger partial charge in [-0.1, -0.05) is 31.5 Å². The van der Waals surface area contributed by atoms with Crippen molar-refractivity contribution < 1.29 is 19.1 Å². The number of benzene rings is 2. The smallest absolute Gasteiger partial charge is 0.259 e. The van der Waals surface area contributed by atoms with Crippen LogP contribution in [0.25, 0.3) is 0 Å². The van der Waals surface area contributed by atoms with Gasteiger partial charge < -0.3 is 20.1 Å². The fourth-order valence-corrected chi connectivity index (χ4v) is 2.41. The van der Waals surface area contributed by atoms with Gasteiger partial charge >= 0.3 is 0 Å². The molecule has 0 spiro atoms. The molecule has 2 aromatic rings. The number of nitrogens with one attached hydrogen (secondary N) is 2.